The van der Waals surface area contributed by atoms with Crippen LogP contribution in [0.2, 0.25) is 0 Å². The van der Waals surface area contributed by atoms with Gasteiger partial charge in [-0.2, -0.15) is 0 Å². The van der Waals surface area contributed by atoms with Crippen molar-refractivity contribution in [3.05, 3.63) is 65.2 Å². The van der Waals surface area contributed by atoms with E-state index in [4.69, 9.17) is 4.74 Å². The standard InChI is InChI=1S/C21H26N2O2/c1-16-17(8-6-11-19(16)25-2)14-22-20(24)23-15-21(12-7-13-21)18-9-4-3-5-10-18/h3-6,8-11H,7,12-15H2,1-2H3,(H2,22,23,24). The third-order valence-electron chi connectivity index (χ3n) is 5.34. The zero-order valence-corrected chi connectivity index (χ0v) is 15.0. The highest BCUT2D eigenvalue weighted by Crippen LogP contribution is 2.43. The number of benzene rings is 2. The van der Waals surface area contributed by atoms with Crippen molar-refractivity contribution in [1.82, 2.24) is 10.6 Å². The molecule has 0 aliphatic heterocycles. The van der Waals surface area contributed by atoms with Crippen molar-refractivity contribution in [2.24, 2.45) is 0 Å². The summed E-state index contributed by atoms with van der Waals surface area (Å²) in [4.78, 5) is 12.2. The predicted molar refractivity (Wildman–Crippen MR) is 99.9 cm³/mol. The molecule has 132 valence electrons. The molecule has 0 saturated heterocycles. The van der Waals surface area contributed by atoms with E-state index in [2.05, 4.69) is 34.9 Å². The van der Waals surface area contributed by atoms with Gasteiger partial charge in [-0.3, -0.25) is 0 Å². The zero-order chi connectivity index (χ0) is 17.7. The molecule has 0 atom stereocenters. The number of carbonyl (C=O) groups excluding carboxylic acids is 1. The summed E-state index contributed by atoms with van der Waals surface area (Å²) in [5.74, 6) is 0.845. The van der Waals surface area contributed by atoms with Crippen LogP contribution in [-0.4, -0.2) is 19.7 Å². The highest BCUT2D eigenvalue weighted by Gasteiger charge is 2.38. The van der Waals surface area contributed by atoms with Gasteiger partial charge in [-0.25, -0.2) is 4.79 Å². The maximum atomic E-state index is 12.2. The average Bonchev–Trinajstić information content (AvgIpc) is 2.61. The summed E-state index contributed by atoms with van der Waals surface area (Å²) < 4.78 is 5.33. The van der Waals surface area contributed by atoms with Gasteiger partial charge in [-0.1, -0.05) is 48.9 Å². The Balaban J connectivity index is 1.55. The van der Waals surface area contributed by atoms with Crippen molar-refractivity contribution < 1.29 is 9.53 Å². The minimum absolute atomic E-state index is 0.102. The highest BCUT2D eigenvalue weighted by molar-refractivity contribution is 5.74. The van der Waals surface area contributed by atoms with Crippen LogP contribution < -0.4 is 15.4 Å². The van der Waals surface area contributed by atoms with E-state index in [-0.39, 0.29) is 11.4 Å². The lowest BCUT2D eigenvalue weighted by Gasteiger charge is -2.42. The molecule has 1 fully saturated rings. The first-order chi connectivity index (χ1) is 12.1. The van der Waals surface area contributed by atoms with E-state index < -0.39 is 0 Å². The molecule has 2 aromatic rings. The number of carbonyl (C=O) groups is 1. The first-order valence-corrected chi connectivity index (χ1v) is 8.84. The van der Waals surface area contributed by atoms with Crippen LogP contribution in [0.1, 0.15) is 36.0 Å². The number of nitrogens with one attached hydrogen (secondary N) is 2. The van der Waals surface area contributed by atoms with Crippen LogP contribution in [-0.2, 0) is 12.0 Å². The summed E-state index contributed by atoms with van der Waals surface area (Å²) in [6.07, 6.45) is 3.49. The van der Waals surface area contributed by atoms with Crippen LogP contribution in [0.4, 0.5) is 4.79 Å². The summed E-state index contributed by atoms with van der Waals surface area (Å²) in [5, 5.41) is 6.02. The van der Waals surface area contributed by atoms with Gasteiger partial charge in [0.25, 0.3) is 0 Å². The maximum absolute atomic E-state index is 12.2. The SMILES string of the molecule is COc1cccc(CNC(=O)NCC2(c3ccccc3)CCC2)c1C. The summed E-state index contributed by atoms with van der Waals surface area (Å²) in [6.45, 7) is 3.18. The Bertz CT molecular complexity index is 724. The predicted octanol–water partition coefficient (Wildman–Crippen LogP) is 3.92. The first-order valence-electron chi connectivity index (χ1n) is 8.84. The van der Waals surface area contributed by atoms with Gasteiger partial charge in [0.05, 0.1) is 7.11 Å². The quantitative estimate of drug-likeness (QED) is 0.838. The summed E-state index contributed by atoms with van der Waals surface area (Å²) in [6, 6.07) is 16.3. The van der Waals surface area contributed by atoms with Gasteiger partial charge in [0, 0.05) is 18.5 Å². The van der Waals surface area contributed by atoms with E-state index in [9.17, 15) is 4.79 Å². The minimum Gasteiger partial charge on any atom is -0.496 e. The van der Waals surface area contributed by atoms with Gasteiger partial charge in [0.2, 0.25) is 0 Å². The smallest absolute Gasteiger partial charge is 0.315 e. The molecule has 4 nitrogen and oxygen atoms in total. The molecule has 1 aliphatic rings. The van der Waals surface area contributed by atoms with E-state index in [1.807, 2.05) is 31.2 Å². The van der Waals surface area contributed by atoms with Gasteiger partial charge >= 0.3 is 6.03 Å². The van der Waals surface area contributed by atoms with Gasteiger partial charge in [0.15, 0.2) is 0 Å². The van der Waals surface area contributed by atoms with Gasteiger partial charge < -0.3 is 15.4 Å². The second kappa shape index (κ2) is 7.60. The number of ether oxygens (including phenoxy) is 1. The second-order valence-corrected chi connectivity index (χ2v) is 6.78. The molecule has 0 aromatic heterocycles. The molecular weight excluding hydrogens is 312 g/mol. The first kappa shape index (κ1) is 17.3. The Labute approximate surface area is 149 Å². The van der Waals surface area contributed by atoms with Gasteiger partial charge in [-0.05, 0) is 42.5 Å². The monoisotopic (exact) mass is 338 g/mol. The maximum Gasteiger partial charge on any atom is 0.315 e. The molecule has 2 aromatic carbocycles. The normalized spacial score (nSPS) is 15.1. The molecule has 2 amide bonds. The average molecular weight is 338 g/mol. The molecule has 2 N–H and O–H groups in total. The van der Waals surface area contributed by atoms with E-state index in [1.165, 1.54) is 12.0 Å². The van der Waals surface area contributed by atoms with Crippen LogP contribution in [0.3, 0.4) is 0 Å². The lowest BCUT2D eigenvalue weighted by Crippen LogP contribution is -2.48. The van der Waals surface area contributed by atoms with E-state index in [1.54, 1.807) is 7.11 Å². The highest BCUT2D eigenvalue weighted by atomic mass is 16.5. The van der Waals surface area contributed by atoms with Crippen LogP contribution in [0.5, 0.6) is 5.75 Å². The minimum atomic E-state index is -0.121. The van der Waals surface area contributed by atoms with Gasteiger partial charge in [0.1, 0.15) is 5.75 Å². The largest absolute Gasteiger partial charge is 0.496 e. The molecule has 1 aliphatic carbocycles. The fourth-order valence-electron chi connectivity index (χ4n) is 3.52. The van der Waals surface area contributed by atoms with Crippen molar-refractivity contribution in [2.45, 2.75) is 38.1 Å². The third-order valence-corrected chi connectivity index (χ3v) is 5.34. The molecule has 0 radical (unpaired) electrons. The van der Waals surface area contributed by atoms with Crippen LogP contribution >= 0.6 is 0 Å². The molecule has 3 rings (SSSR count). The Hall–Kier alpha value is -2.49. The van der Waals surface area contributed by atoms with Crippen molar-refractivity contribution in [3.8, 4) is 5.75 Å². The molecule has 0 spiro atoms. The van der Waals surface area contributed by atoms with Crippen molar-refractivity contribution >= 4 is 6.03 Å². The lowest BCUT2D eigenvalue weighted by molar-refractivity contribution is 0.214. The molecule has 0 unspecified atom stereocenters. The molecular formula is C21H26N2O2. The lowest BCUT2D eigenvalue weighted by atomic mass is 9.64. The topological polar surface area (TPSA) is 50.4 Å². The zero-order valence-electron chi connectivity index (χ0n) is 15.0. The van der Waals surface area contributed by atoms with Crippen LogP contribution in [0.15, 0.2) is 48.5 Å². The molecule has 25 heavy (non-hydrogen) atoms. The number of rotatable bonds is 6. The Kier molecular flexibility index (Phi) is 5.27. The summed E-state index contributed by atoms with van der Waals surface area (Å²) in [7, 11) is 1.66. The Morgan fingerprint density at radius 1 is 1.08 bits per heavy atom. The van der Waals surface area contributed by atoms with Crippen molar-refractivity contribution in [3.63, 3.8) is 0 Å². The number of amides is 2. The molecule has 0 bridgehead atoms. The number of hydrogen-bond acceptors (Lipinski definition) is 2. The second-order valence-electron chi connectivity index (χ2n) is 6.78. The van der Waals surface area contributed by atoms with Crippen LogP contribution in [0, 0.1) is 6.92 Å². The van der Waals surface area contributed by atoms with E-state index >= 15 is 0 Å². The molecule has 4 heteroatoms. The molecule has 1 saturated carbocycles. The number of urea groups is 1. The van der Waals surface area contributed by atoms with E-state index in [0.29, 0.717) is 13.1 Å². The Morgan fingerprint density at radius 3 is 2.48 bits per heavy atom. The fraction of sp³-hybridized carbons (Fsp3) is 0.381. The Morgan fingerprint density at radius 2 is 1.84 bits per heavy atom. The summed E-state index contributed by atoms with van der Waals surface area (Å²) >= 11 is 0. The number of methoxy groups -OCH3 is 1. The van der Waals surface area contributed by atoms with Crippen LogP contribution in [0.25, 0.3) is 0 Å². The fourth-order valence-corrected chi connectivity index (χ4v) is 3.52. The summed E-state index contributed by atoms with van der Waals surface area (Å²) in [5.41, 5.74) is 3.55. The number of hydrogen-bond donors (Lipinski definition) is 2. The van der Waals surface area contributed by atoms with Crippen molar-refractivity contribution in [1.29, 1.82) is 0 Å². The molecule has 0 heterocycles. The van der Waals surface area contributed by atoms with Crippen molar-refractivity contribution in [2.75, 3.05) is 13.7 Å². The third kappa shape index (κ3) is 3.78. The van der Waals surface area contributed by atoms with E-state index in [0.717, 1.165) is 29.7 Å². The van der Waals surface area contributed by atoms with Gasteiger partial charge in [-0.15, -0.1) is 0 Å².